The van der Waals surface area contributed by atoms with Gasteiger partial charge in [-0.1, -0.05) is 113 Å². The molecule has 2 aliphatic heterocycles. The van der Waals surface area contributed by atoms with Crippen LogP contribution in [0.15, 0.2) is 275 Å². The number of fused-ring (bicyclic) bond motifs is 4. The molecule has 3 atom stereocenters. The summed E-state index contributed by atoms with van der Waals surface area (Å²) in [5.74, 6) is 6.29. The molecule has 2 heterocycles. The van der Waals surface area contributed by atoms with E-state index in [1.807, 2.05) is 170 Å². The van der Waals surface area contributed by atoms with E-state index in [1.165, 1.54) is 35.8 Å². The molecule has 6 aliphatic rings. The van der Waals surface area contributed by atoms with Gasteiger partial charge in [-0.2, -0.15) is 0 Å². The van der Waals surface area contributed by atoms with E-state index in [9.17, 15) is 14.4 Å². The van der Waals surface area contributed by atoms with E-state index in [2.05, 4.69) is 116 Å². The van der Waals surface area contributed by atoms with Crippen LogP contribution in [0.5, 0.6) is 40.2 Å². The van der Waals surface area contributed by atoms with Crippen molar-refractivity contribution < 1.29 is 42.8 Å². The molecule has 4 bridgehead atoms. The van der Waals surface area contributed by atoms with E-state index in [4.69, 9.17) is 28.4 Å². The zero-order chi connectivity index (χ0) is 64.9. The highest BCUT2D eigenvalue weighted by Crippen LogP contribution is 2.61. The van der Waals surface area contributed by atoms with E-state index in [0.717, 1.165) is 94.8 Å². The van der Waals surface area contributed by atoms with Crippen LogP contribution in [0.4, 0.5) is 0 Å². The van der Waals surface area contributed by atoms with Crippen LogP contribution in [0.25, 0.3) is 0 Å². The minimum absolute atomic E-state index is 0.0460. The third-order valence-electron chi connectivity index (χ3n) is 18.8. The number of benzene rings is 9. The van der Waals surface area contributed by atoms with Crippen LogP contribution in [0.3, 0.4) is 0 Å². The van der Waals surface area contributed by atoms with Crippen LogP contribution >= 0.6 is 0 Å². The molecule has 4 saturated carbocycles. The van der Waals surface area contributed by atoms with E-state index in [1.54, 1.807) is 0 Å². The second-order valence-electron chi connectivity index (χ2n) is 26.4. The van der Waals surface area contributed by atoms with Crippen molar-refractivity contribution in [3.05, 3.63) is 231 Å². The monoisotopic (exact) mass is 1300 g/mol. The summed E-state index contributed by atoms with van der Waals surface area (Å²) in [6, 6.07) is 78.6. The Morgan fingerprint density at radius 1 is 0.462 bits per heavy atom. The molecule has 0 radical (unpaired) electrons. The van der Waals surface area contributed by atoms with Crippen molar-refractivity contribution in [3.8, 4) is 40.2 Å². The maximum atomic E-state index is 13.1. The molecule has 9 aromatic carbocycles. The SMILES string of the molecule is CCC(C)(C)C(=O)OC12CC3CC(C1)CC(Oc1ccc([S+](c4ccccc4)c4ccccc4)cc1)(C3)C2.CCC(C)(C)C(=O)Oc1ccc([S+]2c3ccccc3Oc3ccccc32)cc1.CCC(C)C(=O)Oc1ccc([S+]2c3ccccc3Oc3ccccc32)cc1. The van der Waals surface area contributed by atoms with Gasteiger partial charge in [0.2, 0.25) is 19.6 Å². The average molecular weight is 1300 g/mol. The minimum Gasteiger partial charge on any atom is -0.487 e. The highest BCUT2D eigenvalue weighted by atomic mass is 32.2. The minimum atomic E-state index is -0.487. The summed E-state index contributed by atoms with van der Waals surface area (Å²) in [5.41, 5.74) is -1.52. The van der Waals surface area contributed by atoms with Crippen molar-refractivity contribution in [1.82, 2.24) is 0 Å². The Hall–Kier alpha value is -8.16. The summed E-state index contributed by atoms with van der Waals surface area (Å²) >= 11 is 0. The van der Waals surface area contributed by atoms with Crippen molar-refractivity contribution in [1.29, 1.82) is 0 Å². The molecular formula is C81H83O9S3+3. The van der Waals surface area contributed by atoms with Gasteiger partial charge < -0.3 is 28.4 Å². The Kier molecular flexibility index (Phi) is 19.4. The Bertz CT molecular complexity index is 3930. The molecular weight excluding hydrogens is 1210 g/mol. The van der Waals surface area contributed by atoms with Crippen LogP contribution in [0, 0.1) is 28.6 Å². The summed E-state index contributed by atoms with van der Waals surface area (Å²) in [7, 11) is -0.689. The lowest BCUT2D eigenvalue weighted by Crippen LogP contribution is -2.63. The molecule has 0 N–H and O–H groups in total. The maximum Gasteiger partial charge on any atom is 0.316 e. The van der Waals surface area contributed by atoms with E-state index in [-0.39, 0.29) is 67.7 Å². The first-order valence-electron chi connectivity index (χ1n) is 32.7. The Morgan fingerprint density at radius 3 is 1.25 bits per heavy atom. The molecule has 4 fully saturated rings. The quantitative estimate of drug-likeness (QED) is 0.0531. The summed E-state index contributed by atoms with van der Waals surface area (Å²) in [4.78, 5) is 48.4. The second kappa shape index (κ2) is 27.8. The molecule has 9 nitrogen and oxygen atoms in total. The van der Waals surface area contributed by atoms with Crippen molar-refractivity contribution in [2.45, 2.75) is 168 Å². The third-order valence-corrected chi connectivity index (χ3v) is 25.6. The first-order valence-corrected chi connectivity index (χ1v) is 36.3. The van der Waals surface area contributed by atoms with Crippen LogP contribution in [0.1, 0.15) is 113 Å². The van der Waals surface area contributed by atoms with Gasteiger partial charge in [0, 0.05) is 6.42 Å². The van der Waals surface area contributed by atoms with E-state index in [0.29, 0.717) is 23.3 Å². The van der Waals surface area contributed by atoms with Crippen LogP contribution in [-0.4, -0.2) is 29.1 Å². The van der Waals surface area contributed by atoms with Crippen molar-refractivity contribution in [3.63, 3.8) is 0 Å². The number of esters is 3. The number of para-hydroxylation sites is 4. The van der Waals surface area contributed by atoms with Gasteiger partial charge in [-0.05, 0) is 236 Å². The van der Waals surface area contributed by atoms with Gasteiger partial charge in [-0.3, -0.25) is 14.4 Å². The fraction of sp³-hybridized carbons (Fsp3) is 0.296. The zero-order valence-corrected chi connectivity index (χ0v) is 56.9. The van der Waals surface area contributed by atoms with Gasteiger partial charge in [0.1, 0.15) is 50.2 Å². The average Bonchev–Trinajstić information content (AvgIpc) is 0.721. The molecule has 0 aromatic heterocycles. The molecule has 0 saturated heterocycles. The molecule has 12 heteroatoms. The molecule has 0 spiro atoms. The highest BCUT2D eigenvalue weighted by Gasteiger charge is 2.61. The smallest absolute Gasteiger partial charge is 0.316 e. The predicted molar refractivity (Wildman–Crippen MR) is 370 cm³/mol. The normalized spacial score (nSPS) is 19.4. The van der Waals surface area contributed by atoms with Gasteiger partial charge in [0.25, 0.3) is 0 Å². The lowest BCUT2D eigenvalue weighted by molar-refractivity contribution is -0.219. The largest absolute Gasteiger partial charge is 0.487 e. The molecule has 15 rings (SSSR count). The first kappa shape index (κ1) is 64.9. The standard InChI is InChI=1S/C34H39O3S.C24H23O3S.C23H21O3S/c1-4-32(2,3)31(35)37-34-22-25-19-26(23-34)21-33(20-25,24-34)36-27-15-17-30(18-16-27)38(28-11-7-5-8-12-28)29-13-9-6-10-14-29;1-4-24(2,3)23(25)26-17-13-15-18(16-14-17)28-21-11-7-5-9-19(21)27-20-10-6-8-12-22(20)28;1-3-16(2)23(24)25-17-12-14-18(15-13-17)27-21-10-6-4-8-19(21)26-20-9-5-7-11-22(20)27/h5-18,25-26H,4,19-24H2,1-3H3;5-16H,4H2,1-3H3;4-16H,3H2,1-2H3/q3*+1. The first-order chi connectivity index (χ1) is 44.9. The summed E-state index contributed by atoms with van der Waals surface area (Å²) in [5, 5.41) is 0. The van der Waals surface area contributed by atoms with E-state index < -0.39 is 10.8 Å². The Morgan fingerprint density at radius 2 is 0.828 bits per heavy atom. The van der Waals surface area contributed by atoms with Gasteiger partial charge >= 0.3 is 17.9 Å². The lowest BCUT2D eigenvalue weighted by Gasteiger charge is -2.60. The third kappa shape index (κ3) is 14.3. The predicted octanol–water partition coefficient (Wildman–Crippen LogP) is 20.3. The summed E-state index contributed by atoms with van der Waals surface area (Å²) in [6.45, 7) is 15.7. The molecule has 9 aromatic rings. The van der Waals surface area contributed by atoms with Crippen molar-refractivity contribution >= 4 is 50.6 Å². The number of carbonyl (C=O) groups excluding carboxylic acids is 3. The van der Waals surface area contributed by atoms with E-state index >= 15 is 0 Å². The van der Waals surface area contributed by atoms with Crippen LogP contribution < -0.4 is 23.7 Å². The zero-order valence-electron chi connectivity index (χ0n) is 54.4. The molecule has 4 aliphatic carbocycles. The molecule has 3 unspecified atom stereocenters. The topological polar surface area (TPSA) is 107 Å². The number of carbonyl (C=O) groups is 3. The lowest BCUT2D eigenvalue weighted by atomic mass is 9.52. The van der Waals surface area contributed by atoms with Crippen LogP contribution in [-0.2, 0) is 51.8 Å². The summed E-state index contributed by atoms with van der Waals surface area (Å²) in [6.07, 6.45) is 8.49. The number of ether oxygens (including phenoxy) is 6. The van der Waals surface area contributed by atoms with Crippen LogP contribution in [0.2, 0.25) is 0 Å². The summed E-state index contributed by atoms with van der Waals surface area (Å²) < 4.78 is 36.5. The molecule has 0 amide bonds. The second-order valence-corrected chi connectivity index (χ2v) is 32.3. The number of rotatable bonds is 16. The Labute approximate surface area is 557 Å². The van der Waals surface area contributed by atoms with Crippen molar-refractivity contribution in [2.24, 2.45) is 28.6 Å². The molecule has 476 valence electrons. The van der Waals surface area contributed by atoms with Gasteiger partial charge in [-0.25, -0.2) is 0 Å². The van der Waals surface area contributed by atoms with Gasteiger partial charge in [-0.15, -0.1) is 0 Å². The number of hydrogen-bond donors (Lipinski definition) is 0. The fourth-order valence-electron chi connectivity index (χ4n) is 13.1. The maximum absolute atomic E-state index is 13.1. The number of hydrogen-bond acceptors (Lipinski definition) is 9. The fourth-order valence-corrected chi connectivity index (χ4v) is 19.6. The Balaban J connectivity index is 0.000000137. The highest BCUT2D eigenvalue weighted by molar-refractivity contribution is 7.98. The van der Waals surface area contributed by atoms with Gasteiger partial charge in [0.15, 0.2) is 47.5 Å². The van der Waals surface area contributed by atoms with Crippen molar-refractivity contribution in [2.75, 3.05) is 0 Å². The molecule has 93 heavy (non-hydrogen) atoms. The van der Waals surface area contributed by atoms with Gasteiger partial charge in [0.05, 0.1) is 27.6 Å².